The van der Waals surface area contributed by atoms with E-state index in [0.717, 1.165) is 18.3 Å². The third kappa shape index (κ3) is 2.27. The quantitative estimate of drug-likeness (QED) is 0.752. The van der Waals surface area contributed by atoms with Gasteiger partial charge in [0.2, 0.25) is 0 Å². The first-order chi connectivity index (χ1) is 7.29. The zero-order chi connectivity index (χ0) is 10.7. The Morgan fingerprint density at radius 3 is 2.80 bits per heavy atom. The summed E-state index contributed by atoms with van der Waals surface area (Å²) in [5.41, 5.74) is 0.621. The summed E-state index contributed by atoms with van der Waals surface area (Å²) in [5, 5.41) is 8.66. The van der Waals surface area contributed by atoms with Gasteiger partial charge in [-0.3, -0.25) is 0 Å². The van der Waals surface area contributed by atoms with Crippen molar-refractivity contribution in [2.24, 2.45) is 5.92 Å². The first kappa shape index (κ1) is 9.97. The first-order valence-electron chi connectivity index (χ1n) is 5.37. The third-order valence-electron chi connectivity index (χ3n) is 3.02. The SMILES string of the molecule is CN(CC1CCC1)c1ccc(C#N)cn1. The van der Waals surface area contributed by atoms with E-state index < -0.39 is 0 Å². The highest BCUT2D eigenvalue weighted by molar-refractivity contribution is 5.41. The van der Waals surface area contributed by atoms with Gasteiger partial charge in [0.25, 0.3) is 0 Å². The van der Waals surface area contributed by atoms with E-state index in [-0.39, 0.29) is 0 Å². The second-order valence-electron chi connectivity index (χ2n) is 4.19. The zero-order valence-electron chi connectivity index (χ0n) is 8.98. The molecule has 1 aromatic heterocycles. The summed E-state index contributed by atoms with van der Waals surface area (Å²) in [4.78, 5) is 6.44. The molecule has 0 aromatic carbocycles. The maximum absolute atomic E-state index is 8.66. The van der Waals surface area contributed by atoms with Crippen LogP contribution in [0.15, 0.2) is 18.3 Å². The van der Waals surface area contributed by atoms with Crippen LogP contribution in [0.2, 0.25) is 0 Å². The van der Waals surface area contributed by atoms with Gasteiger partial charge in [-0.1, -0.05) is 6.42 Å². The lowest BCUT2D eigenvalue weighted by Crippen LogP contribution is -2.29. The van der Waals surface area contributed by atoms with E-state index in [9.17, 15) is 0 Å². The summed E-state index contributed by atoms with van der Waals surface area (Å²) in [6, 6.07) is 5.81. The number of nitriles is 1. The van der Waals surface area contributed by atoms with E-state index in [2.05, 4.69) is 23.0 Å². The standard InChI is InChI=1S/C12H15N3/c1-15(9-10-3-2-4-10)12-6-5-11(7-13)8-14-12/h5-6,8,10H,2-4,9H2,1H3. The van der Waals surface area contributed by atoms with Crippen LogP contribution in [0.25, 0.3) is 0 Å². The van der Waals surface area contributed by atoms with Crippen LogP contribution in [0.5, 0.6) is 0 Å². The topological polar surface area (TPSA) is 39.9 Å². The Hall–Kier alpha value is -1.56. The maximum Gasteiger partial charge on any atom is 0.128 e. The van der Waals surface area contributed by atoms with Crippen molar-refractivity contribution in [1.29, 1.82) is 5.26 Å². The number of aromatic nitrogens is 1. The molecule has 1 fully saturated rings. The van der Waals surface area contributed by atoms with Crippen LogP contribution in [0, 0.1) is 17.2 Å². The van der Waals surface area contributed by atoms with E-state index in [0.29, 0.717) is 5.56 Å². The van der Waals surface area contributed by atoms with Crippen molar-refractivity contribution in [2.75, 3.05) is 18.5 Å². The fourth-order valence-corrected chi connectivity index (χ4v) is 1.83. The minimum atomic E-state index is 0.621. The Balaban J connectivity index is 1.98. The Morgan fingerprint density at radius 1 is 1.53 bits per heavy atom. The molecule has 0 atom stereocenters. The summed E-state index contributed by atoms with van der Waals surface area (Å²) in [7, 11) is 2.06. The molecule has 0 N–H and O–H groups in total. The van der Waals surface area contributed by atoms with Crippen molar-refractivity contribution in [2.45, 2.75) is 19.3 Å². The second-order valence-corrected chi connectivity index (χ2v) is 4.19. The molecule has 3 heteroatoms. The zero-order valence-corrected chi connectivity index (χ0v) is 8.98. The molecule has 78 valence electrons. The monoisotopic (exact) mass is 201 g/mol. The van der Waals surface area contributed by atoms with Crippen LogP contribution >= 0.6 is 0 Å². The van der Waals surface area contributed by atoms with Crippen molar-refractivity contribution < 1.29 is 0 Å². The largest absolute Gasteiger partial charge is 0.359 e. The van der Waals surface area contributed by atoms with Crippen LogP contribution in [0.3, 0.4) is 0 Å². The summed E-state index contributed by atoms with van der Waals surface area (Å²) in [5.74, 6) is 1.80. The van der Waals surface area contributed by atoms with Crippen molar-refractivity contribution in [1.82, 2.24) is 4.98 Å². The predicted molar refractivity (Wildman–Crippen MR) is 59.6 cm³/mol. The molecule has 1 saturated carbocycles. The van der Waals surface area contributed by atoms with Crippen molar-refractivity contribution in [3.05, 3.63) is 23.9 Å². The van der Waals surface area contributed by atoms with Gasteiger partial charge < -0.3 is 4.90 Å². The lowest BCUT2D eigenvalue weighted by molar-refractivity contribution is 0.321. The van der Waals surface area contributed by atoms with Crippen molar-refractivity contribution in [3.8, 4) is 6.07 Å². The smallest absolute Gasteiger partial charge is 0.128 e. The van der Waals surface area contributed by atoms with Gasteiger partial charge in [-0.15, -0.1) is 0 Å². The van der Waals surface area contributed by atoms with E-state index in [1.165, 1.54) is 19.3 Å². The third-order valence-corrected chi connectivity index (χ3v) is 3.02. The average Bonchev–Trinajstić information content (AvgIpc) is 2.23. The predicted octanol–water partition coefficient (Wildman–Crippen LogP) is 2.19. The molecule has 3 nitrogen and oxygen atoms in total. The lowest BCUT2D eigenvalue weighted by atomic mass is 9.85. The van der Waals surface area contributed by atoms with Crippen LogP contribution in [-0.4, -0.2) is 18.6 Å². The molecule has 0 bridgehead atoms. The highest BCUT2D eigenvalue weighted by Crippen LogP contribution is 2.27. The number of pyridine rings is 1. The van der Waals surface area contributed by atoms with Crippen LogP contribution in [0.1, 0.15) is 24.8 Å². The molecule has 0 amide bonds. The number of rotatable bonds is 3. The normalized spacial score (nSPS) is 15.5. The molecular weight excluding hydrogens is 186 g/mol. The Bertz CT molecular complexity index is 359. The van der Waals surface area contributed by atoms with E-state index >= 15 is 0 Å². The molecule has 1 aromatic rings. The second kappa shape index (κ2) is 4.31. The molecule has 0 spiro atoms. The Labute approximate surface area is 90.4 Å². The van der Waals surface area contributed by atoms with E-state index in [1.54, 1.807) is 6.20 Å². The summed E-state index contributed by atoms with van der Waals surface area (Å²) >= 11 is 0. The van der Waals surface area contributed by atoms with Gasteiger partial charge in [0.1, 0.15) is 11.9 Å². The highest BCUT2D eigenvalue weighted by atomic mass is 15.2. The van der Waals surface area contributed by atoms with Gasteiger partial charge in [-0.05, 0) is 30.9 Å². The van der Waals surface area contributed by atoms with Gasteiger partial charge in [0, 0.05) is 19.8 Å². The van der Waals surface area contributed by atoms with Gasteiger partial charge >= 0.3 is 0 Å². The fourth-order valence-electron chi connectivity index (χ4n) is 1.83. The van der Waals surface area contributed by atoms with Gasteiger partial charge in [-0.25, -0.2) is 4.98 Å². The maximum atomic E-state index is 8.66. The van der Waals surface area contributed by atoms with E-state index in [4.69, 9.17) is 5.26 Å². The number of nitrogens with zero attached hydrogens (tertiary/aromatic N) is 3. The van der Waals surface area contributed by atoms with Crippen LogP contribution in [-0.2, 0) is 0 Å². The molecule has 15 heavy (non-hydrogen) atoms. The molecule has 1 heterocycles. The van der Waals surface area contributed by atoms with Gasteiger partial charge in [0.05, 0.1) is 5.56 Å². The molecule has 2 rings (SSSR count). The Kier molecular flexibility index (Phi) is 2.86. The number of hydrogen-bond donors (Lipinski definition) is 0. The molecule has 0 radical (unpaired) electrons. The van der Waals surface area contributed by atoms with Crippen molar-refractivity contribution >= 4 is 5.82 Å². The molecule has 1 aliphatic rings. The average molecular weight is 201 g/mol. The molecular formula is C12H15N3. The minimum Gasteiger partial charge on any atom is -0.359 e. The van der Waals surface area contributed by atoms with Crippen LogP contribution < -0.4 is 4.90 Å². The fraction of sp³-hybridized carbons (Fsp3) is 0.500. The molecule has 0 saturated heterocycles. The first-order valence-corrected chi connectivity index (χ1v) is 5.37. The summed E-state index contributed by atoms with van der Waals surface area (Å²) < 4.78 is 0. The van der Waals surface area contributed by atoms with E-state index in [1.807, 2.05) is 12.1 Å². The van der Waals surface area contributed by atoms with Crippen LogP contribution in [0.4, 0.5) is 5.82 Å². The number of anilines is 1. The summed E-state index contributed by atoms with van der Waals surface area (Å²) in [6.45, 7) is 1.08. The molecule has 0 aliphatic heterocycles. The molecule has 1 aliphatic carbocycles. The van der Waals surface area contributed by atoms with Gasteiger partial charge in [-0.2, -0.15) is 5.26 Å². The van der Waals surface area contributed by atoms with Crippen molar-refractivity contribution in [3.63, 3.8) is 0 Å². The minimum absolute atomic E-state index is 0.621. The molecule has 0 unspecified atom stereocenters. The number of hydrogen-bond acceptors (Lipinski definition) is 3. The summed E-state index contributed by atoms with van der Waals surface area (Å²) in [6.07, 6.45) is 5.70. The lowest BCUT2D eigenvalue weighted by Gasteiger charge is -2.30. The Morgan fingerprint density at radius 2 is 2.33 bits per heavy atom. The highest BCUT2D eigenvalue weighted by Gasteiger charge is 2.19. The van der Waals surface area contributed by atoms with Gasteiger partial charge in [0.15, 0.2) is 0 Å².